The fourth-order valence-corrected chi connectivity index (χ4v) is 2.99. The molecule has 0 spiro atoms. The van der Waals surface area contributed by atoms with Gasteiger partial charge in [-0.1, -0.05) is 0 Å². The van der Waals surface area contributed by atoms with Gasteiger partial charge in [-0.05, 0) is 37.1 Å². The Morgan fingerprint density at radius 1 is 0.870 bits per heavy atom. The van der Waals surface area contributed by atoms with Crippen molar-refractivity contribution >= 4 is 32.8 Å². The zero-order valence-corrected chi connectivity index (χ0v) is 12.4. The van der Waals surface area contributed by atoms with E-state index >= 15 is 0 Å². The quantitative estimate of drug-likeness (QED) is 0.397. The van der Waals surface area contributed by atoms with Gasteiger partial charge in [-0.15, -0.1) is 0 Å². The number of pyridine rings is 1. The Hall–Kier alpha value is -3.15. The zero-order valence-electron chi connectivity index (χ0n) is 12.4. The third-order valence-corrected chi connectivity index (χ3v) is 3.97. The van der Waals surface area contributed by atoms with Gasteiger partial charge in [-0.2, -0.15) is 0 Å². The summed E-state index contributed by atoms with van der Waals surface area (Å²) in [5.74, 6) is 0. The van der Waals surface area contributed by atoms with E-state index < -0.39 is 11.3 Å². The molecular weight excluding hydrogens is 298 g/mol. The van der Waals surface area contributed by atoms with E-state index in [1.165, 1.54) is 12.1 Å². The first-order valence-corrected chi connectivity index (χ1v) is 6.99. The van der Waals surface area contributed by atoms with Crippen LogP contribution in [0.25, 0.3) is 32.8 Å². The van der Waals surface area contributed by atoms with Crippen LogP contribution in [0.3, 0.4) is 0 Å². The van der Waals surface area contributed by atoms with E-state index in [9.17, 15) is 14.4 Å². The van der Waals surface area contributed by atoms with Crippen LogP contribution in [0, 0.1) is 13.8 Å². The maximum absolute atomic E-state index is 12.4. The van der Waals surface area contributed by atoms with Crippen molar-refractivity contribution in [2.24, 2.45) is 0 Å². The fraction of sp³-hybridized carbons (Fsp3) is 0.118. The number of rotatable bonds is 0. The molecule has 0 amide bonds. The highest BCUT2D eigenvalue weighted by molar-refractivity contribution is 6.16. The van der Waals surface area contributed by atoms with Crippen molar-refractivity contribution in [3.05, 3.63) is 66.6 Å². The van der Waals surface area contributed by atoms with Gasteiger partial charge in [0.25, 0.3) is 5.56 Å². The topological polar surface area (TPSA) is 93.3 Å². The van der Waals surface area contributed by atoms with E-state index in [1.807, 2.05) is 0 Å². The number of aromatic amines is 1. The summed E-state index contributed by atoms with van der Waals surface area (Å²) in [6.07, 6.45) is 0. The van der Waals surface area contributed by atoms with Crippen LogP contribution in [-0.4, -0.2) is 4.98 Å². The van der Waals surface area contributed by atoms with Crippen LogP contribution in [0.4, 0.5) is 0 Å². The summed E-state index contributed by atoms with van der Waals surface area (Å²) in [5, 5.41) is 1.47. The minimum absolute atomic E-state index is 0.205. The van der Waals surface area contributed by atoms with Gasteiger partial charge >= 0.3 is 11.3 Å². The molecule has 0 radical (unpaired) electrons. The second-order valence-electron chi connectivity index (χ2n) is 5.52. The van der Waals surface area contributed by atoms with Crippen molar-refractivity contribution < 1.29 is 8.83 Å². The third-order valence-electron chi connectivity index (χ3n) is 3.97. The van der Waals surface area contributed by atoms with Gasteiger partial charge in [-0.25, -0.2) is 9.59 Å². The van der Waals surface area contributed by atoms with Crippen LogP contribution in [0.15, 0.2) is 47.5 Å². The summed E-state index contributed by atoms with van der Waals surface area (Å²) in [6.45, 7) is 3.46. The van der Waals surface area contributed by atoms with Crippen LogP contribution >= 0.6 is 0 Å². The standard InChI is InChI=1S/C17H11NO5/c1-7-6-12(20)23-16-13(7)17(21)18-15-8(2)5-10-9(14(15)16)3-4-11(19)22-10/h3-6H,1-2H3,(H,18,21). The Balaban J connectivity index is 2.47. The number of hydrogen-bond acceptors (Lipinski definition) is 5. The predicted octanol–water partition coefficient (Wildman–Crippen LogP) is 2.36. The average molecular weight is 309 g/mol. The van der Waals surface area contributed by atoms with Gasteiger partial charge in [-0.3, -0.25) is 4.79 Å². The molecule has 6 heteroatoms. The van der Waals surface area contributed by atoms with Crippen molar-refractivity contribution in [2.45, 2.75) is 13.8 Å². The molecule has 0 bridgehead atoms. The van der Waals surface area contributed by atoms with Crippen LogP contribution in [0.1, 0.15) is 11.1 Å². The van der Waals surface area contributed by atoms with Gasteiger partial charge in [0.05, 0.1) is 16.3 Å². The van der Waals surface area contributed by atoms with Crippen molar-refractivity contribution in [1.29, 1.82) is 0 Å². The number of nitrogens with one attached hydrogen (secondary N) is 1. The highest BCUT2D eigenvalue weighted by atomic mass is 16.4. The number of benzene rings is 1. The minimum Gasteiger partial charge on any atom is -0.423 e. The largest absolute Gasteiger partial charge is 0.423 e. The van der Waals surface area contributed by atoms with Crippen LogP contribution < -0.4 is 16.8 Å². The molecule has 0 atom stereocenters. The van der Waals surface area contributed by atoms with E-state index in [1.54, 1.807) is 26.0 Å². The molecule has 0 saturated carbocycles. The highest BCUT2D eigenvalue weighted by Gasteiger charge is 2.16. The number of hydrogen-bond donors (Lipinski definition) is 1. The Morgan fingerprint density at radius 2 is 1.65 bits per heavy atom. The molecule has 3 aromatic heterocycles. The SMILES string of the molecule is Cc1cc2oc(=O)ccc2c2c1[nH]c(=O)c1c(C)cc(=O)oc12. The highest BCUT2D eigenvalue weighted by Crippen LogP contribution is 2.31. The first kappa shape index (κ1) is 13.5. The van der Waals surface area contributed by atoms with Gasteiger partial charge in [0.15, 0.2) is 5.58 Å². The lowest BCUT2D eigenvalue weighted by Crippen LogP contribution is -2.12. The lowest BCUT2D eigenvalue weighted by molar-refractivity contribution is 0.558. The molecule has 0 aliphatic rings. The molecule has 114 valence electrons. The summed E-state index contributed by atoms with van der Waals surface area (Å²) in [7, 11) is 0. The first-order valence-electron chi connectivity index (χ1n) is 6.99. The molecule has 4 rings (SSSR count). The molecule has 0 aliphatic carbocycles. The van der Waals surface area contributed by atoms with E-state index in [4.69, 9.17) is 8.83 Å². The first-order chi connectivity index (χ1) is 11.0. The summed E-state index contributed by atoms with van der Waals surface area (Å²) >= 11 is 0. The van der Waals surface area contributed by atoms with Gasteiger partial charge in [0, 0.05) is 17.5 Å². The Kier molecular flexibility index (Phi) is 2.60. The number of H-pyrrole nitrogens is 1. The number of aromatic nitrogens is 1. The van der Waals surface area contributed by atoms with Gasteiger partial charge in [0.2, 0.25) is 0 Å². The fourth-order valence-electron chi connectivity index (χ4n) is 2.99. The van der Waals surface area contributed by atoms with Gasteiger partial charge < -0.3 is 13.8 Å². The predicted molar refractivity (Wildman–Crippen MR) is 86.1 cm³/mol. The average Bonchev–Trinajstić information content (AvgIpc) is 2.46. The molecule has 6 nitrogen and oxygen atoms in total. The lowest BCUT2D eigenvalue weighted by Gasteiger charge is -2.09. The van der Waals surface area contributed by atoms with E-state index in [0.717, 1.165) is 0 Å². The second-order valence-corrected chi connectivity index (χ2v) is 5.52. The summed E-state index contributed by atoms with van der Waals surface area (Å²) in [6, 6.07) is 5.85. The Labute approximate surface area is 128 Å². The van der Waals surface area contributed by atoms with E-state index in [0.29, 0.717) is 38.4 Å². The molecule has 4 aromatic rings. The van der Waals surface area contributed by atoms with Crippen molar-refractivity contribution in [3.8, 4) is 0 Å². The molecule has 0 unspecified atom stereocenters. The van der Waals surface area contributed by atoms with Gasteiger partial charge in [0.1, 0.15) is 5.58 Å². The third kappa shape index (κ3) is 1.85. The number of fused-ring (bicyclic) bond motifs is 5. The summed E-state index contributed by atoms with van der Waals surface area (Å²) < 4.78 is 10.6. The molecular formula is C17H11NO5. The summed E-state index contributed by atoms with van der Waals surface area (Å²) in [4.78, 5) is 38.4. The Morgan fingerprint density at radius 3 is 2.43 bits per heavy atom. The minimum atomic E-state index is -0.533. The van der Waals surface area contributed by atoms with E-state index in [2.05, 4.69) is 4.98 Å². The second kappa shape index (κ2) is 4.42. The molecule has 3 heterocycles. The van der Waals surface area contributed by atoms with Crippen LogP contribution in [0.5, 0.6) is 0 Å². The zero-order chi connectivity index (χ0) is 16.3. The molecule has 1 N–H and O–H groups in total. The van der Waals surface area contributed by atoms with Crippen molar-refractivity contribution in [3.63, 3.8) is 0 Å². The van der Waals surface area contributed by atoms with Crippen molar-refractivity contribution in [2.75, 3.05) is 0 Å². The molecule has 0 saturated heterocycles. The van der Waals surface area contributed by atoms with Crippen LogP contribution in [-0.2, 0) is 0 Å². The normalized spacial score (nSPS) is 11.6. The van der Waals surface area contributed by atoms with Crippen LogP contribution in [0.2, 0.25) is 0 Å². The van der Waals surface area contributed by atoms with Crippen molar-refractivity contribution in [1.82, 2.24) is 4.98 Å². The molecule has 0 fully saturated rings. The Bertz CT molecular complexity index is 1290. The number of aryl methyl sites for hydroxylation is 2. The molecule has 23 heavy (non-hydrogen) atoms. The lowest BCUT2D eigenvalue weighted by atomic mass is 10.0. The smallest absolute Gasteiger partial charge is 0.336 e. The van der Waals surface area contributed by atoms with E-state index in [-0.39, 0.29) is 11.1 Å². The molecule has 1 aromatic carbocycles. The summed E-state index contributed by atoms with van der Waals surface area (Å²) in [5.41, 5.74) is 1.05. The monoisotopic (exact) mass is 309 g/mol. The maximum Gasteiger partial charge on any atom is 0.336 e. The maximum atomic E-state index is 12.4. The molecule has 0 aliphatic heterocycles.